The van der Waals surface area contributed by atoms with Gasteiger partial charge in [0.05, 0.1) is 19.4 Å². The van der Waals surface area contributed by atoms with E-state index < -0.39 is 0 Å². The number of rotatable bonds is 1. The third-order valence-electron chi connectivity index (χ3n) is 2.27. The van der Waals surface area contributed by atoms with Crippen LogP contribution in [0.5, 0.6) is 0 Å². The van der Waals surface area contributed by atoms with Crippen LogP contribution in [0.4, 0.5) is 0 Å². The highest BCUT2D eigenvalue weighted by molar-refractivity contribution is 5.45. The molecule has 0 unspecified atom stereocenters. The molecule has 3 heterocycles. The van der Waals surface area contributed by atoms with Crippen LogP contribution in [-0.2, 0) is 13.1 Å². The molecule has 0 bridgehead atoms. The van der Waals surface area contributed by atoms with Crippen LogP contribution < -0.4 is 5.32 Å². The molecule has 1 aliphatic rings. The third kappa shape index (κ3) is 1.13. The molecule has 0 fully saturated rings. The first-order chi connectivity index (χ1) is 6.93. The molecule has 0 spiro atoms. The topological polar surface area (TPSA) is 55.9 Å². The van der Waals surface area contributed by atoms with Gasteiger partial charge in [0.15, 0.2) is 5.76 Å². The zero-order valence-electron chi connectivity index (χ0n) is 7.60. The van der Waals surface area contributed by atoms with Crippen LogP contribution in [0.25, 0.3) is 11.6 Å². The molecule has 5 heteroatoms. The average molecular weight is 190 g/mol. The molecule has 0 amide bonds. The van der Waals surface area contributed by atoms with Crippen molar-refractivity contribution < 1.29 is 4.42 Å². The Balaban J connectivity index is 2.04. The largest absolute Gasteiger partial charge is 0.461 e. The van der Waals surface area contributed by atoms with E-state index in [1.54, 1.807) is 6.26 Å². The molecule has 0 aromatic carbocycles. The van der Waals surface area contributed by atoms with Gasteiger partial charge < -0.3 is 9.73 Å². The monoisotopic (exact) mass is 190 g/mol. The van der Waals surface area contributed by atoms with E-state index in [0.29, 0.717) is 5.82 Å². The van der Waals surface area contributed by atoms with Crippen molar-refractivity contribution in [3.8, 4) is 11.6 Å². The second-order valence-corrected chi connectivity index (χ2v) is 3.23. The lowest BCUT2D eigenvalue weighted by molar-refractivity contribution is 0.468. The van der Waals surface area contributed by atoms with Crippen LogP contribution >= 0.6 is 0 Å². The zero-order valence-corrected chi connectivity index (χ0v) is 7.60. The highest BCUT2D eigenvalue weighted by atomic mass is 16.3. The smallest absolute Gasteiger partial charge is 0.217 e. The summed E-state index contributed by atoms with van der Waals surface area (Å²) in [5, 5.41) is 7.61. The lowest BCUT2D eigenvalue weighted by atomic mass is 10.4. The first kappa shape index (κ1) is 7.75. The van der Waals surface area contributed by atoms with Gasteiger partial charge >= 0.3 is 0 Å². The summed E-state index contributed by atoms with van der Waals surface area (Å²) < 4.78 is 7.16. The van der Waals surface area contributed by atoms with Crippen LogP contribution in [0.15, 0.2) is 22.8 Å². The molecule has 14 heavy (non-hydrogen) atoms. The summed E-state index contributed by atoms with van der Waals surface area (Å²) in [6, 6.07) is 3.71. The molecule has 0 atom stereocenters. The Morgan fingerprint density at radius 3 is 3.29 bits per heavy atom. The maximum Gasteiger partial charge on any atom is 0.217 e. The molecule has 2 aromatic heterocycles. The molecule has 0 saturated carbocycles. The lowest BCUT2D eigenvalue weighted by Gasteiger charge is -2.11. The van der Waals surface area contributed by atoms with E-state index >= 15 is 0 Å². The maximum absolute atomic E-state index is 5.24. The molecule has 5 nitrogen and oxygen atoms in total. The lowest BCUT2D eigenvalue weighted by Crippen LogP contribution is -2.28. The van der Waals surface area contributed by atoms with Gasteiger partial charge in [-0.1, -0.05) is 0 Å². The minimum atomic E-state index is 0.675. The van der Waals surface area contributed by atoms with E-state index in [4.69, 9.17) is 4.42 Å². The van der Waals surface area contributed by atoms with Crippen molar-refractivity contribution in [1.29, 1.82) is 0 Å². The van der Waals surface area contributed by atoms with E-state index in [2.05, 4.69) is 15.4 Å². The molecule has 1 N–H and O–H groups in total. The fourth-order valence-electron chi connectivity index (χ4n) is 1.58. The first-order valence-corrected chi connectivity index (χ1v) is 4.62. The van der Waals surface area contributed by atoms with E-state index in [1.165, 1.54) is 0 Å². The highest BCUT2D eigenvalue weighted by Gasteiger charge is 2.15. The molecule has 0 radical (unpaired) electrons. The minimum absolute atomic E-state index is 0.675. The molecule has 72 valence electrons. The summed E-state index contributed by atoms with van der Waals surface area (Å²) in [6.45, 7) is 2.62. The Bertz CT molecular complexity index is 408. The number of nitrogens with one attached hydrogen (secondary N) is 1. The summed E-state index contributed by atoms with van der Waals surface area (Å²) in [6.07, 6.45) is 1.63. The van der Waals surface area contributed by atoms with Gasteiger partial charge in [-0.25, -0.2) is 9.67 Å². The molecule has 3 rings (SSSR count). The number of aromatic nitrogens is 3. The van der Waals surface area contributed by atoms with E-state index in [0.717, 1.165) is 31.2 Å². The second kappa shape index (κ2) is 2.95. The molecular formula is C9H10N4O. The molecule has 0 saturated heterocycles. The van der Waals surface area contributed by atoms with Crippen molar-refractivity contribution in [3.63, 3.8) is 0 Å². The Morgan fingerprint density at radius 2 is 2.50 bits per heavy atom. The summed E-state index contributed by atoms with van der Waals surface area (Å²) in [4.78, 5) is 4.39. The van der Waals surface area contributed by atoms with Crippen LogP contribution in [-0.4, -0.2) is 21.3 Å². The van der Waals surface area contributed by atoms with Crippen LogP contribution in [0.3, 0.4) is 0 Å². The van der Waals surface area contributed by atoms with Crippen molar-refractivity contribution in [2.75, 3.05) is 6.54 Å². The van der Waals surface area contributed by atoms with Gasteiger partial charge in [0.2, 0.25) is 5.82 Å². The van der Waals surface area contributed by atoms with E-state index in [9.17, 15) is 0 Å². The number of hydrogen-bond acceptors (Lipinski definition) is 4. The summed E-state index contributed by atoms with van der Waals surface area (Å²) in [5.74, 6) is 2.38. The SMILES string of the molecule is c1coc(-c2nc3n(n2)CCNC3)c1. The number of hydrogen-bond donors (Lipinski definition) is 1. The van der Waals surface area contributed by atoms with Gasteiger partial charge in [0.25, 0.3) is 0 Å². The highest BCUT2D eigenvalue weighted by Crippen LogP contribution is 2.16. The van der Waals surface area contributed by atoms with Gasteiger partial charge in [0.1, 0.15) is 5.82 Å². The Labute approximate surface area is 80.7 Å². The Hall–Kier alpha value is -1.62. The first-order valence-electron chi connectivity index (χ1n) is 4.62. The normalized spacial score (nSPS) is 15.4. The summed E-state index contributed by atoms with van der Waals surface area (Å²) in [5.41, 5.74) is 0. The molecule has 1 aliphatic heterocycles. The molecule has 0 aliphatic carbocycles. The van der Waals surface area contributed by atoms with E-state index in [-0.39, 0.29) is 0 Å². The van der Waals surface area contributed by atoms with Gasteiger partial charge in [-0.3, -0.25) is 0 Å². The van der Waals surface area contributed by atoms with Gasteiger partial charge in [-0.2, -0.15) is 0 Å². The Morgan fingerprint density at radius 1 is 1.50 bits per heavy atom. The van der Waals surface area contributed by atoms with Crippen LogP contribution in [0.2, 0.25) is 0 Å². The van der Waals surface area contributed by atoms with Crippen molar-refractivity contribution >= 4 is 0 Å². The average Bonchev–Trinajstić information content (AvgIpc) is 2.86. The number of nitrogens with zero attached hydrogens (tertiary/aromatic N) is 3. The summed E-state index contributed by atoms with van der Waals surface area (Å²) >= 11 is 0. The summed E-state index contributed by atoms with van der Waals surface area (Å²) in [7, 11) is 0. The van der Waals surface area contributed by atoms with Crippen molar-refractivity contribution in [3.05, 3.63) is 24.2 Å². The standard InChI is InChI=1S/C9H10N4O/c1-2-7(14-5-1)9-11-8-6-10-3-4-13(8)12-9/h1-2,5,10H,3-4,6H2. The molecule has 2 aromatic rings. The Kier molecular flexibility index (Phi) is 1.63. The minimum Gasteiger partial charge on any atom is -0.461 e. The van der Waals surface area contributed by atoms with E-state index in [1.807, 2.05) is 16.8 Å². The van der Waals surface area contributed by atoms with Crippen molar-refractivity contribution in [2.45, 2.75) is 13.1 Å². The number of furan rings is 1. The van der Waals surface area contributed by atoms with Crippen molar-refractivity contribution in [1.82, 2.24) is 20.1 Å². The van der Waals surface area contributed by atoms with Gasteiger partial charge in [0, 0.05) is 6.54 Å². The fraction of sp³-hybridized carbons (Fsp3) is 0.333. The van der Waals surface area contributed by atoms with Crippen LogP contribution in [0, 0.1) is 0 Å². The zero-order chi connectivity index (χ0) is 9.38. The fourth-order valence-corrected chi connectivity index (χ4v) is 1.58. The predicted octanol–water partition coefficient (Wildman–Crippen LogP) is 0.641. The van der Waals surface area contributed by atoms with Gasteiger partial charge in [-0.15, -0.1) is 5.10 Å². The van der Waals surface area contributed by atoms with Gasteiger partial charge in [-0.05, 0) is 12.1 Å². The predicted molar refractivity (Wildman–Crippen MR) is 49.4 cm³/mol. The second-order valence-electron chi connectivity index (χ2n) is 3.23. The van der Waals surface area contributed by atoms with Crippen LogP contribution in [0.1, 0.15) is 5.82 Å². The van der Waals surface area contributed by atoms with Crippen molar-refractivity contribution in [2.24, 2.45) is 0 Å². The molecular weight excluding hydrogens is 180 g/mol. The quantitative estimate of drug-likeness (QED) is 0.717. The third-order valence-corrected chi connectivity index (χ3v) is 2.27. The maximum atomic E-state index is 5.24. The number of fused-ring (bicyclic) bond motifs is 1.